The van der Waals surface area contributed by atoms with Gasteiger partial charge in [0.1, 0.15) is 0 Å². The van der Waals surface area contributed by atoms with E-state index in [1.54, 1.807) is 0 Å². The minimum Gasteiger partial charge on any atom is -0.316 e. The van der Waals surface area contributed by atoms with Crippen molar-refractivity contribution in [2.24, 2.45) is 17.8 Å². The summed E-state index contributed by atoms with van der Waals surface area (Å²) < 4.78 is 0. The first-order valence-electron chi connectivity index (χ1n) is 6.19. The average molecular weight is 196 g/mol. The van der Waals surface area contributed by atoms with Gasteiger partial charge in [0.05, 0.1) is 0 Å². The van der Waals surface area contributed by atoms with Crippen LogP contribution in [0.2, 0.25) is 0 Å². The molecular formula is C12H24N2. The van der Waals surface area contributed by atoms with Crippen molar-refractivity contribution in [1.29, 1.82) is 0 Å². The summed E-state index contributed by atoms with van der Waals surface area (Å²) in [6, 6.07) is 0. The van der Waals surface area contributed by atoms with Gasteiger partial charge in [0.25, 0.3) is 0 Å². The summed E-state index contributed by atoms with van der Waals surface area (Å²) in [5.74, 6) is 2.71. The van der Waals surface area contributed by atoms with Gasteiger partial charge in [-0.1, -0.05) is 13.8 Å². The second kappa shape index (κ2) is 4.63. The van der Waals surface area contributed by atoms with Crippen LogP contribution in [0, 0.1) is 17.8 Å². The molecule has 2 aliphatic heterocycles. The van der Waals surface area contributed by atoms with E-state index in [0.717, 1.165) is 17.8 Å². The predicted molar refractivity (Wildman–Crippen MR) is 60.4 cm³/mol. The highest BCUT2D eigenvalue weighted by atomic mass is 15.1. The second-order valence-electron chi connectivity index (χ2n) is 5.40. The van der Waals surface area contributed by atoms with E-state index in [9.17, 15) is 0 Å². The zero-order valence-electron chi connectivity index (χ0n) is 9.63. The number of nitrogens with one attached hydrogen (secondary N) is 1. The molecule has 0 radical (unpaired) electrons. The molecule has 82 valence electrons. The van der Waals surface area contributed by atoms with E-state index in [2.05, 4.69) is 24.1 Å². The number of hydrogen-bond acceptors (Lipinski definition) is 2. The Hall–Kier alpha value is -0.0800. The minimum atomic E-state index is 0.882. The van der Waals surface area contributed by atoms with Gasteiger partial charge in [-0.2, -0.15) is 0 Å². The molecule has 0 amide bonds. The zero-order valence-corrected chi connectivity index (χ0v) is 9.63. The first kappa shape index (κ1) is 10.4. The molecule has 0 aromatic rings. The van der Waals surface area contributed by atoms with Crippen LogP contribution < -0.4 is 5.32 Å². The lowest BCUT2D eigenvalue weighted by Gasteiger charge is -2.33. The highest BCUT2D eigenvalue weighted by Crippen LogP contribution is 2.21. The van der Waals surface area contributed by atoms with Crippen molar-refractivity contribution >= 4 is 0 Å². The Morgan fingerprint density at radius 1 is 1.29 bits per heavy atom. The van der Waals surface area contributed by atoms with Gasteiger partial charge in [-0.05, 0) is 50.2 Å². The predicted octanol–water partition coefficient (Wildman–Crippen LogP) is 1.57. The van der Waals surface area contributed by atoms with E-state index in [1.807, 2.05) is 0 Å². The van der Waals surface area contributed by atoms with Crippen LogP contribution in [0.1, 0.15) is 26.7 Å². The third-order valence-electron chi connectivity index (χ3n) is 3.91. The van der Waals surface area contributed by atoms with Crippen LogP contribution >= 0.6 is 0 Å². The van der Waals surface area contributed by atoms with E-state index in [4.69, 9.17) is 0 Å². The van der Waals surface area contributed by atoms with Crippen LogP contribution in [0.3, 0.4) is 0 Å². The maximum absolute atomic E-state index is 3.50. The molecule has 2 fully saturated rings. The van der Waals surface area contributed by atoms with Crippen LogP contribution in [0.4, 0.5) is 0 Å². The van der Waals surface area contributed by atoms with Crippen molar-refractivity contribution in [2.75, 3.05) is 32.7 Å². The monoisotopic (exact) mass is 196 g/mol. The van der Waals surface area contributed by atoms with E-state index >= 15 is 0 Å². The molecule has 3 atom stereocenters. The summed E-state index contributed by atoms with van der Waals surface area (Å²) >= 11 is 0. The van der Waals surface area contributed by atoms with E-state index in [1.165, 1.54) is 45.6 Å². The molecule has 2 saturated heterocycles. The van der Waals surface area contributed by atoms with Gasteiger partial charge in [0, 0.05) is 13.1 Å². The molecule has 0 aliphatic carbocycles. The number of piperidine rings is 1. The highest BCUT2D eigenvalue weighted by Gasteiger charge is 2.26. The molecule has 2 aliphatic rings. The summed E-state index contributed by atoms with van der Waals surface area (Å²) in [7, 11) is 0. The van der Waals surface area contributed by atoms with Gasteiger partial charge in [-0.25, -0.2) is 0 Å². The van der Waals surface area contributed by atoms with Crippen LogP contribution in [0.15, 0.2) is 0 Å². The van der Waals surface area contributed by atoms with Gasteiger partial charge in [0.2, 0.25) is 0 Å². The van der Waals surface area contributed by atoms with Crippen molar-refractivity contribution in [3.05, 3.63) is 0 Å². The van der Waals surface area contributed by atoms with Crippen LogP contribution in [0.25, 0.3) is 0 Å². The summed E-state index contributed by atoms with van der Waals surface area (Å²) in [5.41, 5.74) is 0. The van der Waals surface area contributed by atoms with E-state index < -0.39 is 0 Å². The topological polar surface area (TPSA) is 15.3 Å². The molecule has 2 heteroatoms. The Morgan fingerprint density at radius 2 is 2.14 bits per heavy atom. The normalized spacial score (nSPS) is 40.3. The van der Waals surface area contributed by atoms with Crippen molar-refractivity contribution in [3.8, 4) is 0 Å². The Kier molecular flexibility index (Phi) is 3.45. The Morgan fingerprint density at radius 3 is 2.79 bits per heavy atom. The third-order valence-corrected chi connectivity index (χ3v) is 3.91. The quantitative estimate of drug-likeness (QED) is 0.721. The van der Waals surface area contributed by atoms with Gasteiger partial charge in [0.15, 0.2) is 0 Å². The van der Waals surface area contributed by atoms with Gasteiger partial charge >= 0.3 is 0 Å². The summed E-state index contributed by atoms with van der Waals surface area (Å²) in [4.78, 5) is 2.68. The molecule has 3 unspecified atom stereocenters. The second-order valence-corrected chi connectivity index (χ2v) is 5.40. The lowest BCUT2D eigenvalue weighted by molar-refractivity contribution is 0.153. The van der Waals surface area contributed by atoms with Crippen molar-refractivity contribution in [1.82, 2.24) is 10.2 Å². The fourth-order valence-electron chi connectivity index (χ4n) is 2.89. The first-order valence-corrected chi connectivity index (χ1v) is 6.19. The minimum absolute atomic E-state index is 0.882. The Labute approximate surface area is 88.1 Å². The number of hydrogen-bond donors (Lipinski definition) is 1. The molecule has 0 saturated carbocycles. The largest absolute Gasteiger partial charge is 0.316 e. The highest BCUT2D eigenvalue weighted by molar-refractivity contribution is 4.82. The molecule has 1 N–H and O–H groups in total. The van der Waals surface area contributed by atoms with Crippen LogP contribution in [0.5, 0.6) is 0 Å². The maximum atomic E-state index is 3.50. The first-order chi connectivity index (χ1) is 6.75. The summed E-state index contributed by atoms with van der Waals surface area (Å²) in [6.07, 6.45) is 2.85. The fourth-order valence-corrected chi connectivity index (χ4v) is 2.89. The molecule has 0 aromatic heterocycles. The van der Waals surface area contributed by atoms with Crippen molar-refractivity contribution in [2.45, 2.75) is 26.7 Å². The Bertz CT molecular complexity index is 181. The van der Waals surface area contributed by atoms with Crippen LogP contribution in [-0.2, 0) is 0 Å². The molecule has 0 bridgehead atoms. The Balaban J connectivity index is 1.78. The lowest BCUT2D eigenvalue weighted by atomic mass is 9.94. The summed E-state index contributed by atoms with van der Waals surface area (Å²) in [6.45, 7) is 11.3. The van der Waals surface area contributed by atoms with Gasteiger partial charge in [-0.3, -0.25) is 0 Å². The smallest absolute Gasteiger partial charge is 0.00249 e. The SMILES string of the molecule is CC1CCCN(CC2CNCC2C)C1. The fraction of sp³-hybridized carbons (Fsp3) is 1.00. The molecule has 14 heavy (non-hydrogen) atoms. The van der Waals surface area contributed by atoms with Gasteiger partial charge < -0.3 is 10.2 Å². The zero-order chi connectivity index (χ0) is 9.97. The molecule has 0 aromatic carbocycles. The molecular weight excluding hydrogens is 172 g/mol. The number of likely N-dealkylation sites (tertiary alicyclic amines) is 1. The van der Waals surface area contributed by atoms with Crippen LogP contribution in [-0.4, -0.2) is 37.6 Å². The van der Waals surface area contributed by atoms with E-state index in [0.29, 0.717) is 0 Å². The lowest BCUT2D eigenvalue weighted by Crippen LogP contribution is -2.39. The van der Waals surface area contributed by atoms with Gasteiger partial charge in [-0.15, -0.1) is 0 Å². The number of nitrogens with zero attached hydrogens (tertiary/aromatic N) is 1. The summed E-state index contributed by atoms with van der Waals surface area (Å²) in [5, 5.41) is 3.50. The molecule has 0 spiro atoms. The van der Waals surface area contributed by atoms with Crippen molar-refractivity contribution < 1.29 is 0 Å². The van der Waals surface area contributed by atoms with E-state index in [-0.39, 0.29) is 0 Å². The average Bonchev–Trinajstić information content (AvgIpc) is 2.52. The van der Waals surface area contributed by atoms with Crippen molar-refractivity contribution in [3.63, 3.8) is 0 Å². The number of rotatable bonds is 2. The molecule has 2 nitrogen and oxygen atoms in total. The molecule has 2 rings (SSSR count). The third kappa shape index (κ3) is 2.48. The molecule has 2 heterocycles. The maximum Gasteiger partial charge on any atom is 0.00249 e. The standard InChI is InChI=1S/C12H24N2/c1-10-4-3-5-14(8-10)9-12-7-13-6-11(12)2/h10-13H,3-9H2,1-2H3.